The summed E-state index contributed by atoms with van der Waals surface area (Å²) in [6, 6.07) is 13.8. The molecular formula is C15H14N2O. The summed E-state index contributed by atoms with van der Waals surface area (Å²) < 4.78 is 5.72. The summed E-state index contributed by atoms with van der Waals surface area (Å²) in [7, 11) is 0. The van der Waals surface area contributed by atoms with E-state index in [0.29, 0.717) is 12.3 Å². The third kappa shape index (κ3) is 1.95. The van der Waals surface area contributed by atoms with E-state index in [0.717, 1.165) is 22.4 Å². The van der Waals surface area contributed by atoms with Crippen LogP contribution in [-0.4, -0.2) is 4.98 Å². The van der Waals surface area contributed by atoms with Crippen molar-refractivity contribution in [3.63, 3.8) is 0 Å². The van der Waals surface area contributed by atoms with E-state index in [9.17, 15) is 0 Å². The molecule has 0 amide bonds. The second kappa shape index (κ2) is 4.18. The Labute approximate surface area is 105 Å². The Balaban J connectivity index is 1.98. The standard InChI is InChI=1S/C15H14N2O/c1-10-6-7-14-13(8-10)17-15(18-14)9-11-4-2-3-5-12(11)16/h2-8H,9,16H2,1H3. The van der Waals surface area contributed by atoms with Gasteiger partial charge in [-0.25, -0.2) is 4.98 Å². The molecule has 0 bridgehead atoms. The van der Waals surface area contributed by atoms with Crippen LogP contribution >= 0.6 is 0 Å². The minimum absolute atomic E-state index is 0.625. The number of aromatic nitrogens is 1. The number of para-hydroxylation sites is 1. The van der Waals surface area contributed by atoms with Gasteiger partial charge in [0, 0.05) is 5.69 Å². The van der Waals surface area contributed by atoms with Crippen molar-refractivity contribution in [2.24, 2.45) is 0 Å². The number of nitrogens with two attached hydrogens (primary N) is 1. The van der Waals surface area contributed by atoms with Gasteiger partial charge in [0.15, 0.2) is 11.5 Å². The maximum absolute atomic E-state index is 5.92. The Morgan fingerprint density at radius 2 is 2.00 bits per heavy atom. The maximum Gasteiger partial charge on any atom is 0.199 e. The molecule has 0 atom stereocenters. The molecule has 1 heterocycles. The van der Waals surface area contributed by atoms with Crippen LogP contribution in [0, 0.1) is 6.92 Å². The van der Waals surface area contributed by atoms with E-state index < -0.39 is 0 Å². The highest BCUT2D eigenvalue weighted by molar-refractivity contribution is 5.73. The molecule has 18 heavy (non-hydrogen) atoms. The van der Waals surface area contributed by atoms with E-state index in [1.165, 1.54) is 5.56 Å². The molecule has 90 valence electrons. The summed E-state index contributed by atoms with van der Waals surface area (Å²) in [5.74, 6) is 0.702. The Kier molecular flexibility index (Phi) is 2.52. The number of aryl methyl sites for hydroxylation is 1. The Hall–Kier alpha value is -2.29. The van der Waals surface area contributed by atoms with Crippen molar-refractivity contribution < 1.29 is 4.42 Å². The molecule has 1 aromatic heterocycles. The summed E-state index contributed by atoms with van der Waals surface area (Å²) in [6.45, 7) is 2.04. The van der Waals surface area contributed by atoms with Crippen LogP contribution in [0.5, 0.6) is 0 Å². The van der Waals surface area contributed by atoms with Gasteiger partial charge in [0.2, 0.25) is 0 Å². The Morgan fingerprint density at radius 1 is 1.17 bits per heavy atom. The molecule has 0 spiro atoms. The lowest BCUT2D eigenvalue weighted by Gasteiger charge is -2.01. The molecule has 2 aromatic carbocycles. The van der Waals surface area contributed by atoms with Gasteiger partial charge < -0.3 is 10.2 Å². The maximum atomic E-state index is 5.92. The fourth-order valence-electron chi connectivity index (χ4n) is 2.02. The molecule has 0 aliphatic carbocycles. The summed E-state index contributed by atoms with van der Waals surface area (Å²) in [6.07, 6.45) is 0.625. The highest BCUT2D eigenvalue weighted by Crippen LogP contribution is 2.21. The highest BCUT2D eigenvalue weighted by atomic mass is 16.3. The van der Waals surface area contributed by atoms with Crippen LogP contribution in [0.3, 0.4) is 0 Å². The molecule has 0 radical (unpaired) electrons. The van der Waals surface area contributed by atoms with E-state index in [1.54, 1.807) is 0 Å². The molecule has 0 saturated carbocycles. The van der Waals surface area contributed by atoms with Crippen molar-refractivity contribution >= 4 is 16.8 Å². The van der Waals surface area contributed by atoms with Crippen molar-refractivity contribution in [2.75, 3.05) is 5.73 Å². The summed E-state index contributed by atoms with van der Waals surface area (Å²) >= 11 is 0. The normalized spacial score (nSPS) is 10.9. The number of rotatable bonds is 2. The van der Waals surface area contributed by atoms with Gasteiger partial charge in [-0.2, -0.15) is 0 Å². The topological polar surface area (TPSA) is 52.0 Å². The second-order valence-electron chi connectivity index (χ2n) is 4.45. The molecule has 0 saturated heterocycles. The Bertz CT molecular complexity index is 701. The van der Waals surface area contributed by atoms with Gasteiger partial charge >= 0.3 is 0 Å². The zero-order valence-electron chi connectivity index (χ0n) is 10.2. The molecular weight excluding hydrogens is 224 g/mol. The smallest absolute Gasteiger partial charge is 0.199 e. The molecule has 3 nitrogen and oxygen atoms in total. The van der Waals surface area contributed by atoms with E-state index in [2.05, 4.69) is 4.98 Å². The largest absolute Gasteiger partial charge is 0.440 e. The van der Waals surface area contributed by atoms with Gasteiger partial charge in [0.25, 0.3) is 0 Å². The van der Waals surface area contributed by atoms with Gasteiger partial charge in [0.05, 0.1) is 6.42 Å². The molecule has 0 aliphatic rings. The quantitative estimate of drug-likeness (QED) is 0.697. The first-order chi connectivity index (χ1) is 8.72. The van der Waals surface area contributed by atoms with Crippen LogP contribution < -0.4 is 5.73 Å². The number of nitrogen functional groups attached to an aromatic ring is 1. The van der Waals surface area contributed by atoms with Crippen molar-refractivity contribution in [3.8, 4) is 0 Å². The van der Waals surface area contributed by atoms with Crippen LogP contribution in [0.2, 0.25) is 0 Å². The lowest BCUT2D eigenvalue weighted by Crippen LogP contribution is -1.95. The molecule has 3 heteroatoms. The number of hydrogen-bond donors (Lipinski definition) is 1. The van der Waals surface area contributed by atoms with Crippen molar-refractivity contribution in [1.82, 2.24) is 4.98 Å². The van der Waals surface area contributed by atoms with Gasteiger partial charge in [-0.15, -0.1) is 0 Å². The number of hydrogen-bond acceptors (Lipinski definition) is 3. The average Bonchev–Trinajstić information content (AvgIpc) is 2.73. The lowest BCUT2D eigenvalue weighted by molar-refractivity contribution is 0.544. The predicted molar refractivity (Wildman–Crippen MR) is 72.4 cm³/mol. The van der Waals surface area contributed by atoms with Crippen LogP contribution in [0.4, 0.5) is 5.69 Å². The number of oxazole rings is 1. The number of benzene rings is 2. The first-order valence-corrected chi connectivity index (χ1v) is 5.92. The highest BCUT2D eigenvalue weighted by Gasteiger charge is 2.08. The third-order valence-electron chi connectivity index (χ3n) is 2.98. The predicted octanol–water partition coefficient (Wildman–Crippen LogP) is 3.31. The molecule has 3 aromatic rings. The van der Waals surface area contributed by atoms with Crippen LogP contribution in [0.15, 0.2) is 46.9 Å². The first-order valence-electron chi connectivity index (χ1n) is 5.92. The Morgan fingerprint density at radius 3 is 2.83 bits per heavy atom. The molecule has 0 fully saturated rings. The summed E-state index contributed by atoms with van der Waals surface area (Å²) in [5, 5.41) is 0. The summed E-state index contributed by atoms with van der Waals surface area (Å²) in [4.78, 5) is 4.49. The molecule has 3 rings (SSSR count). The van der Waals surface area contributed by atoms with Gasteiger partial charge in [-0.3, -0.25) is 0 Å². The van der Waals surface area contributed by atoms with E-state index >= 15 is 0 Å². The van der Waals surface area contributed by atoms with Crippen LogP contribution in [-0.2, 0) is 6.42 Å². The number of anilines is 1. The van der Waals surface area contributed by atoms with Crippen molar-refractivity contribution in [3.05, 3.63) is 59.5 Å². The molecule has 2 N–H and O–H groups in total. The summed E-state index contributed by atoms with van der Waals surface area (Å²) in [5.41, 5.74) is 10.6. The van der Waals surface area contributed by atoms with Gasteiger partial charge in [-0.05, 0) is 36.2 Å². The molecule has 0 unspecified atom stereocenters. The van der Waals surface area contributed by atoms with Gasteiger partial charge in [-0.1, -0.05) is 24.3 Å². The van der Waals surface area contributed by atoms with E-state index in [1.807, 2.05) is 49.4 Å². The average molecular weight is 238 g/mol. The lowest BCUT2D eigenvalue weighted by atomic mass is 10.1. The molecule has 0 aliphatic heterocycles. The SMILES string of the molecule is Cc1ccc2oc(Cc3ccccc3N)nc2c1. The second-order valence-corrected chi connectivity index (χ2v) is 4.45. The minimum Gasteiger partial charge on any atom is -0.440 e. The third-order valence-corrected chi connectivity index (χ3v) is 2.98. The van der Waals surface area contributed by atoms with E-state index in [4.69, 9.17) is 10.2 Å². The fraction of sp³-hybridized carbons (Fsp3) is 0.133. The van der Waals surface area contributed by atoms with Crippen molar-refractivity contribution in [2.45, 2.75) is 13.3 Å². The number of fused-ring (bicyclic) bond motifs is 1. The van der Waals surface area contributed by atoms with Crippen LogP contribution in [0.1, 0.15) is 17.0 Å². The zero-order chi connectivity index (χ0) is 12.5. The van der Waals surface area contributed by atoms with Gasteiger partial charge in [0.1, 0.15) is 5.52 Å². The van der Waals surface area contributed by atoms with E-state index in [-0.39, 0.29) is 0 Å². The van der Waals surface area contributed by atoms with Crippen molar-refractivity contribution in [1.29, 1.82) is 0 Å². The minimum atomic E-state index is 0.625. The van der Waals surface area contributed by atoms with Crippen LogP contribution in [0.25, 0.3) is 11.1 Å². The first kappa shape index (κ1) is 10.8. The zero-order valence-corrected chi connectivity index (χ0v) is 10.2. The fourth-order valence-corrected chi connectivity index (χ4v) is 2.02. The number of nitrogens with zero attached hydrogens (tertiary/aromatic N) is 1. The monoisotopic (exact) mass is 238 g/mol.